The Hall–Kier alpha value is -3.11. The number of carbonyl (C=O) groups excluding carboxylic acids is 1. The maximum Gasteiger partial charge on any atom is 0.271 e. The molecule has 1 aromatic carbocycles. The summed E-state index contributed by atoms with van der Waals surface area (Å²) in [5.74, 6) is -0.491. The van der Waals surface area contributed by atoms with Gasteiger partial charge >= 0.3 is 0 Å². The summed E-state index contributed by atoms with van der Waals surface area (Å²) in [5.41, 5.74) is 0.189. The molecule has 0 radical (unpaired) electrons. The molecule has 1 aromatic heterocycles. The van der Waals surface area contributed by atoms with Gasteiger partial charge in [-0.2, -0.15) is 5.26 Å². The van der Waals surface area contributed by atoms with Crippen molar-refractivity contribution in [2.75, 3.05) is 20.3 Å². The third-order valence-electron chi connectivity index (χ3n) is 3.96. The number of nitrogens with zero attached hydrogens (tertiary/aromatic N) is 2. The molecule has 26 heavy (non-hydrogen) atoms. The van der Waals surface area contributed by atoms with Gasteiger partial charge in [0.15, 0.2) is 6.61 Å². The van der Waals surface area contributed by atoms with Crippen LogP contribution in [0.1, 0.15) is 27.0 Å². The fraction of sp³-hybridized carbons (Fsp3) is 0.316. The van der Waals surface area contributed by atoms with Crippen LogP contribution in [0.2, 0.25) is 0 Å². The van der Waals surface area contributed by atoms with E-state index in [0.717, 1.165) is 10.1 Å². The maximum absolute atomic E-state index is 12.6. The molecule has 0 saturated heterocycles. The van der Waals surface area contributed by atoms with E-state index < -0.39 is 17.2 Å². The quantitative estimate of drug-likeness (QED) is 0.761. The van der Waals surface area contributed by atoms with Crippen LogP contribution in [0.25, 0.3) is 0 Å². The Bertz CT molecular complexity index is 925. The van der Waals surface area contributed by atoms with Gasteiger partial charge in [0.2, 0.25) is 11.7 Å². The number of rotatable bonds is 7. The number of carbonyl (C=O) groups is 1. The molecule has 0 aliphatic heterocycles. The van der Waals surface area contributed by atoms with Gasteiger partial charge in [0.25, 0.3) is 5.56 Å². The minimum absolute atomic E-state index is 0.0230. The second-order valence-corrected chi connectivity index (χ2v) is 5.79. The zero-order chi connectivity index (χ0) is 19.3. The molecule has 0 spiro atoms. The van der Waals surface area contributed by atoms with E-state index in [1.54, 1.807) is 24.3 Å². The molecule has 0 fully saturated rings. The van der Waals surface area contributed by atoms with E-state index in [2.05, 4.69) is 0 Å². The lowest BCUT2D eigenvalue weighted by Gasteiger charge is -2.15. The van der Waals surface area contributed by atoms with E-state index in [1.165, 1.54) is 14.0 Å². The third kappa shape index (κ3) is 3.92. The highest BCUT2D eigenvalue weighted by atomic mass is 16.5. The first kappa shape index (κ1) is 19.2. The average Bonchev–Trinajstić information content (AvgIpc) is 2.60. The van der Waals surface area contributed by atoms with Crippen LogP contribution in [-0.4, -0.2) is 35.8 Å². The van der Waals surface area contributed by atoms with E-state index in [9.17, 15) is 20.0 Å². The molecular weight excluding hydrogens is 336 g/mol. The van der Waals surface area contributed by atoms with Crippen LogP contribution in [0.3, 0.4) is 0 Å². The van der Waals surface area contributed by atoms with Gasteiger partial charge in [-0.05, 0) is 37.1 Å². The summed E-state index contributed by atoms with van der Waals surface area (Å²) in [6, 6.07) is 9.00. The van der Waals surface area contributed by atoms with Crippen molar-refractivity contribution in [2.24, 2.45) is 0 Å². The van der Waals surface area contributed by atoms with Crippen LogP contribution in [0.4, 0.5) is 0 Å². The van der Waals surface area contributed by atoms with E-state index in [1.807, 2.05) is 13.0 Å². The molecule has 2 rings (SSSR count). The highest BCUT2D eigenvalue weighted by molar-refractivity contribution is 6.01. The van der Waals surface area contributed by atoms with Gasteiger partial charge in [0.1, 0.15) is 17.4 Å². The number of aromatic hydroxyl groups is 1. The predicted molar refractivity (Wildman–Crippen MR) is 94.7 cm³/mol. The molecule has 1 N–H and O–H groups in total. The Morgan fingerprint density at radius 1 is 1.35 bits per heavy atom. The summed E-state index contributed by atoms with van der Waals surface area (Å²) < 4.78 is 11.4. The summed E-state index contributed by atoms with van der Waals surface area (Å²) in [6.45, 7) is 3.20. The molecule has 7 heteroatoms. The van der Waals surface area contributed by atoms with Crippen LogP contribution >= 0.6 is 0 Å². The fourth-order valence-electron chi connectivity index (χ4n) is 2.60. The summed E-state index contributed by atoms with van der Waals surface area (Å²) in [5, 5.41) is 19.7. The first-order valence-electron chi connectivity index (χ1n) is 7.98. The van der Waals surface area contributed by atoms with Crippen LogP contribution in [-0.2, 0) is 11.3 Å². The molecule has 1 heterocycles. The molecule has 0 atom stereocenters. The highest BCUT2D eigenvalue weighted by Crippen LogP contribution is 2.23. The Morgan fingerprint density at radius 3 is 2.69 bits per heavy atom. The Labute approximate surface area is 151 Å². The number of hydrogen-bond donors (Lipinski definition) is 1. The number of benzene rings is 1. The van der Waals surface area contributed by atoms with Crippen molar-refractivity contribution in [3.05, 3.63) is 56.9 Å². The van der Waals surface area contributed by atoms with Gasteiger partial charge in [0.05, 0.1) is 18.7 Å². The van der Waals surface area contributed by atoms with Gasteiger partial charge in [-0.1, -0.05) is 12.1 Å². The van der Waals surface area contributed by atoms with Gasteiger partial charge in [-0.15, -0.1) is 0 Å². The Balaban J connectivity index is 2.39. The van der Waals surface area contributed by atoms with E-state index in [-0.39, 0.29) is 36.4 Å². The molecule has 2 aromatic rings. The van der Waals surface area contributed by atoms with Crippen molar-refractivity contribution < 1.29 is 19.4 Å². The van der Waals surface area contributed by atoms with E-state index in [0.29, 0.717) is 5.75 Å². The molecule has 0 aliphatic rings. The first-order chi connectivity index (χ1) is 12.4. The molecular formula is C19H20N2O5. The Morgan fingerprint density at radius 2 is 2.08 bits per heavy atom. The first-order valence-corrected chi connectivity index (χ1v) is 7.98. The monoisotopic (exact) mass is 356 g/mol. The number of ether oxygens (including phenoxy) is 2. The predicted octanol–water partition coefficient (Wildman–Crippen LogP) is 1.95. The summed E-state index contributed by atoms with van der Waals surface area (Å²) in [6.07, 6.45) is 0. The molecule has 0 bridgehead atoms. The minimum atomic E-state index is -0.657. The van der Waals surface area contributed by atoms with E-state index in [4.69, 9.17) is 9.47 Å². The fourth-order valence-corrected chi connectivity index (χ4v) is 2.60. The Kier molecular flexibility index (Phi) is 6.15. The lowest BCUT2D eigenvalue weighted by Crippen LogP contribution is -2.29. The molecule has 0 saturated carbocycles. The standard InChI is InChI=1S/C19H20N2O5/c1-12-5-4-6-14(9-12)26-11-16(22)17-13(2)15(10-20)18(23)21(19(17)24)7-8-25-3/h4-6,9,24H,7-8,11H2,1-3H3. The molecule has 7 nitrogen and oxygen atoms in total. The van der Waals surface area contributed by atoms with Crippen molar-refractivity contribution in [1.29, 1.82) is 5.26 Å². The summed E-state index contributed by atoms with van der Waals surface area (Å²) >= 11 is 0. The third-order valence-corrected chi connectivity index (χ3v) is 3.96. The minimum Gasteiger partial charge on any atom is -0.494 e. The molecule has 0 aliphatic carbocycles. The normalized spacial score (nSPS) is 10.4. The van der Waals surface area contributed by atoms with Crippen LogP contribution in [0.15, 0.2) is 29.1 Å². The van der Waals surface area contributed by atoms with E-state index >= 15 is 0 Å². The van der Waals surface area contributed by atoms with Crippen LogP contribution < -0.4 is 10.3 Å². The van der Waals surface area contributed by atoms with Gasteiger partial charge in [-0.25, -0.2) is 0 Å². The van der Waals surface area contributed by atoms with Crippen molar-refractivity contribution >= 4 is 5.78 Å². The van der Waals surface area contributed by atoms with Gasteiger partial charge < -0.3 is 14.6 Å². The number of hydrogen-bond acceptors (Lipinski definition) is 6. The van der Waals surface area contributed by atoms with Crippen LogP contribution in [0, 0.1) is 25.2 Å². The lowest BCUT2D eigenvalue weighted by molar-refractivity contribution is 0.0915. The molecule has 0 unspecified atom stereocenters. The van der Waals surface area contributed by atoms with Crippen molar-refractivity contribution in [2.45, 2.75) is 20.4 Å². The second-order valence-electron chi connectivity index (χ2n) is 5.79. The SMILES string of the molecule is COCCn1c(O)c(C(=O)COc2cccc(C)c2)c(C)c(C#N)c1=O. The van der Waals surface area contributed by atoms with Gasteiger partial charge in [-0.3, -0.25) is 14.2 Å². The molecule has 136 valence electrons. The number of nitriles is 1. The summed E-state index contributed by atoms with van der Waals surface area (Å²) in [4.78, 5) is 24.9. The topological polar surface area (TPSA) is 102 Å². The summed E-state index contributed by atoms with van der Waals surface area (Å²) in [7, 11) is 1.45. The van der Waals surface area contributed by atoms with Crippen molar-refractivity contribution in [1.82, 2.24) is 4.57 Å². The zero-order valence-electron chi connectivity index (χ0n) is 14.9. The average molecular weight is 356 g/mol. The smallest absolute Gasteiger partial charge is 0.271 e. The number of aromatic nitrogens is 1. The van der Waals surface area contributed by atoms with Gasteiger partial charge in [0, 0.05) is 7.11 Å². The van der Waals surface area contributed by atoms with Crippen molar-refractivity contribution in [3.63, 3.8) is 0 Å². The number of Topliss-reactive ketones (excluding diaryl/α,β-unsaturated/α-hetero) is 1. The number of ketones is 1. The van der Waals surface area contributed by atoms with Crippen molar-refractivity contribution in [3.8, 4) is 17.7 Å². The van der Waals surface area contributed by atoms with Crippen LogP contribution in [0.5, 0.6) is 11.6 Å². The second kappa shape index (κ2) is 8.32. The zero-order valence-corrected chi connectivity index (χ0v) is 14.9. The number of pyridine rings is 1. The lowest BCUT2D eigenvalue weighted by atomic mass is 10.0. The number of methoxy groups -OCH3 is 1. The number of aryl methyl sites for hydroxylation is 1. The largest absolute Gasteiger partial charge is 0.494 e. The molecule has 0 amide bonds. The highest BCUT2D eigenvalue weighted by Gasteiger charge is 2.24. The maximum atomic E-state index is 12.6.